The van der Waals surface area contributed by atoms with E-state index >= 15 is 0 Å². The molecule has 6 nitrogen and oxygen atoms in total. The van der Waals surface area contributed by atoms with Crippen molar-refractivity contribution in [3.63, 3.8) is 0 Å². The SMILES string of the molecule is Nc1ncc(CCC(=O)OCC(=O)N2CCc3ccccc3C2)s1. The van der Waals surface area contributed by atoms with Gasteiger partial charge in [-0.25, -0.2) is 4.98 Å². The van der Waals surface area contributed by atoms with E-state index in [2.05, 4.69) is 11.1 Å². The molecule has 2 aromatic rings. The first-order chi connectivity index (χ1) is 11.6. The van der Waals surface area contributed by atoms with E-state index in [1.165, 1.54) is 16.9 Å². The molecule has 0 radical (unpaired) electrons. The number of aromatic nitrogens is 1. The predicted octanol–water partition coefficient (Wildman–Crippen LogP) is 1.79. The highest BCUT2D eigenvalue weighted by Gasteiger charge is 2.21. The summed E-state index contributed by atoms with van der Waals surface area (Å²) in [7, 11) is 0. The maximum atomic E-state index is 12.2. The monoisotopic (exact) mass is 345 g/mol. The van der Waals surface area contributed by atoms with Gasteiger partial charge in [0, 0.05) is 24.2 Å². The first kappa shape index (κ1) is 16.4. The first-order valence-electron chi connectivity index (χ1n) is 7.82. The van der Waals surface area contributed by atoms with Gasteiger partial charge >= 0.3 is 5.97 Å². The van der Waals surface area contributed by atoms with E-state index in [0.29, 0.717) is 24.6 Å². The summed E-state index contributed by atoms with van der Waals surface area (Å²) >= 11 is 1.35. The van der Waals surface area contributed by atoms with Crippen LogP contribution < -0.4 is 5.73 Å². The fraction of sp³-hybridized carbons (Fsp3) is 0.353. The van der Waals surface area contributed by atoms with Crippen LogP contribution in [0.5, 0.6) is 0 Å². The topological polar surface area (TPSA) is 85.5 Å². The molecule has 3 rings (SSSR count). The number of rotatable bonds is 5. The Morgan fingerprint density at radius 3 is 2.83 bits per heavy atom. The number of benzene rings is 1. The van der Waals surface area contributed by atoms with Gasteiger partial charge in [-0.1, -0.05) is 24.3 Å². The number of hydrogen-bond donors (Lipinski definition) is 1. The molecule has 1 aliphatic rings. The minimum Gasteiger partial charge on any atom is -0.456 e. The lowest BCUT2D eigenvalue weighted by molar-refractivity contribution is -0.152. The van der Waals surface area contributed by atoms with Crippen molar-refractivity contribution in [2.45, 2.75) is 25.8 Å². The molecule has 0 aliphatic carbocycles. The maximum Gasteiger partial charge on any atom is 0.306 e. The van der Waals surface area contributed by atoms with Gasteiger partial charge in [-0.3, -0.25) is 9.59 Å². The van der Waals surface area contributed by atoms with Gasteiger partial charge < -0.3 is 15.4 Å². The van der Waals surface area contributed by atoms with Gasteiger partial charge in [-0.05, 0) is 24.0 Å². The maximum absolute atomic E-state index is 12.2. The number of nitrogens with two attached hydrogens (primary N) is 1. The third kappa shape index (κ3) is 4.11. The van der Waals surface area contributed by atoms with E-state index in [4.69, 9.17) is 10.5 Å². The van der Waals surface area contributed by atoms with E-state index in [0.717, 1.165) is 16.9 Å². The second-order valence-electron chi connectivity index (χ2n) is 5.66. The number of fused-ring (bicyclic) bond motifs is 1. The molecular formula is C17H19N3O3S. The molecule has 24 heavy (non-hydrogen) atoms. The third-order valence-electron chi connectivity index (χ3n) is 3.99. The highest BCUT2D eigenvalue weighted by molar-refractivity contribution is 7.15. The van der Waals surface area contributed by atoms with Crippen molar-refractivity contribution in [2.75, 3.05) is 18.9 Å². The van der Waals surface area contributed by atoms with Crippen LogP contribution in [0.1, 0.15) is 22.4 Å². The number of carbonyl (C=O) groups is 2. The summed E-state index contributed by atoms with van der Waals surface area (Å²) in [4.78, 5) is 30.6. The van der Waals surface area contributed by atoms with Crippen molar-refractivity contribution < 1.29 is 14.3 Å². The van der Waals surface area contributed by atoms with Crippen LogP contribution in [-0.2, 0) is 33.7 Å². The number of hydrogen-bond acceptors (Lipinski definition) is 6. The number of ether oxygens (including phenoxy) is 1. The Morgan fingerprint density at radius 2 is 2.08 bits per heavy atom. The Balaban J connectivity index is 1.43. The van der Waals surface area contributed by atoms with Crippen LogP contribution in [0.15, 0.2) is 30.5 Å². The minimum absolute atomic E-state index is 0.153. The molecule has 0 saturated carbocycles. The number of thiazole rings is 1. The smallest absolute Gasteiger partial charge is 0.306 e. The predicted molar refractivity (Wildman–Crippen MR) is 91.4 cm³/mol. The molecule has 0 spiro atoms. The van der Waals surface area contributed by atoms with Crippen LogP contribution in [0, 0.1) is 0 Å². The fourth-order valence-electron chi connectivity index (χ4n) is 2.68. The van der Waals surface area contributed by atoms with E-state index in [1.54, 1.807) is 11.1 Å². The molecule has 1 aliphatic heterocycles. The van der Waals surface area contributed by atoms with Gasteiger partial charge in [0.05, 0.1) is 6.42 Å². The van der Waals surface area contributed by atoms with Crippen LogP contribution in [0.2, 0.25) is 0 Å². The van der Waals surface area contributed by atoms with Gasteiger partial charge in [-0.2, -0.15) is 0 Å². The van der Waals surface area contributed by atoms with Gasteiger partial charge in [0.2, 0.25) is 0 Å². The van der Waals surface area contributed by atoms with Crippen LogP contribution in [0.25, 0.3) is 0 Å². The number of esters is 1. The summed E-state index contributed by atoms with van der Waals surface area (Å²) in [5.41, 5.74) is 7.98. The highest BCUT2D eigenvalue weighted by Crippen LogP contribution is 2.19. The quantitative estimate of drug-likeness (QED) is 0.835. The molecule has 0 atom stereocenters. The van der Waals surface area contributed by atoms with E-state index in [9.17, 15) is 9.59 Å². The van der Waals surface area contributed by atoms with E-state index in [-0.39, 0.29) is 24.9 Å². The molecule has 1 aromatic carbocycles. The second kappa shape index (κ2) is 7.44. The number of anilines is 1. The lowest BCUT2D eigenvalue weighted by Gasteiger charge is -2.28. The summed E-state index contributed by atoms with van der Waals surface area (Å²) in [6, 6.07) is 8.10. The molecule has 1 amide bonds. The number of nitrogen functional groups attached to an aromatic ring is 1. The molecule has 0 saturated heterocycles. The van der Waals surface area contributed by atoms with Crippen molar-refractivity contribution in [1.82, 2.24) is 9.88 Å². The second-order valence-corrected chi connectivity index (χ2v) is 6.81. The highest BCUT2D eigenvalue weighted by atomic mass is 32.1. The Kier molecular flexibility index (Phi) is 5.10. The molecule has 2 N–H and O–H groups in total. The van der Waals surface area contributed by atoms with Crippen LogP contribution in [0.3, 0.4) is 0 Å². The minimum atomic E-state index is -0.382. The molecule has 0 unspecified atom stereocenters. The summed E-state index contributed by atoms with van der Waals surface area (Å²) in [5, 5.41) is 0.485. The van der Waals surface area contributed by atoms with Crippen molar-refractivity contribution >= 4 is 28.3 Å². The van der Waals surface area contributed by atoms with Gasteiger partial charge in [-0.15, -0.1) is 11.3 Å². The standard InChI is InChI=1S/C17H19N3O3S/c18-17-19-9-14(24-17)5-6-16(22)23-11-15(21)20-8-7-12-3-1-2-4-13(12)10-20/h1-4,9H,5-8,10-11H2,(H2,18,19). The Labute approximate surface area is 144 Å². The summed E-state index contributed by atoms with van der Waals surface area (Å²) in [5.74, 6) is -0.535. The zero-order valence-electron chi connectivity index (χ0n) is 13.2. The van der Waals surface area contributed by atoms with Crippen molar-refractivity contribution in [3.05, 3.63) is 46.5 Å². The summed E-state index contributed by atoms with van der Waals surface area (Å²) in [6.07, 6.45) is 3.24. The molecule has 7 heteroatoms. The first-order valence-corrected chi connectivity index (χ1v) is 8.64. The van der Waals surface area contributed by atoms with Crippen LogP contribution in [-0.4, -0.2) is 34.9 Å². The zero-order valence-corrected chi connectivity index (χ0v) is 14.1. The molecule has 0 fully saturated rings. The average Bonchev–Trinajstić information content (AvgIpc) is 3.02. The molecular weight excluding hydrogens is 326 g/mol. The fourth-order valence-corrected chi connectivity index (χ4v) is 3.36. The average molecular weight is 345 g/mol. The molecule has 2 heterocycles. The van der Waals surface area contributed by atoms with Crippen LogP contribution in [0.4, 0.5) is 5.13 Å². The summed E-state index contributed by atoms with van der Waals surface area (Å²) in [6.45, 7) is 1.03. The van der Waals surface area contributed by atoms with Gasteiger partial charge in [0.25, 0.3) is 5.91 Å². The van der Waals surface area contributed by atoms with Crippen LogP contribution >= 0.6 is 11.3 Å². The Hall–Kier alpha value is -2.41. The lowest BCUT2D eigenvalue weighted by atomic mass is 10.00. The number of carbonyl (C=O) groups excluding carboxylic acids is 2. The van der Waals surface area contributed by atoms with E-state index in [1.807, 2.05) is 18.2 Å². The molecule has 1 aromatic heterocycles. The van der Waals surface area contributed by atoms with E-state index < -0.39 is 0 Å². The number of amides is 1. The number of nitrogens with zero attached hydrogens (tertiary/aromatic N) is 2. The van der Waals surface area contributed by atoms with Gasteiger partial charge in [0.1, 0.15) is 0 Å². The molecule has 126 valence electrons. The van der Waals surface area contributed by atoms with Crippen molar-refractivity contribution in [1.29, 1.82) is 0 Å². The Bertz CT molecular complexity index is 744. The van der Waals surface area contributed by atoms with Gasteiger partial charge in [0.15, 0.2) is 11.7 Å². The Morgan fingerprint density at radius 1 is 1.29 bits per heavy atom. The largest absolute Gasteiger partial charge is 0.456 e. The third-order valence-corrected chi connectivity index (χ3v) is 4.87. The van der Waals surface area contributed by atoms with Crippen molar-refractivity contribution in [3.8, 4) is 0 Å². The molecule has 0 bridgehead atoms. The normalized spacial score (nSPS) is 13.4. The lowest BCUT2D eigenvalue weighted by Crippen LogP contribution is -2.38. The van der Waals surface area contributed by atoms with Crippen molar-refractivity contribution in [2.24, 2.45) is 0 Å². The summed E-state index contributed by atoms with van der Waals surface area (Å²) < 4.78 is 5.10. The zero-order chi connectivity index (χ0) is 16.9. The number of aryl methyl sites for hydroxylation is 1.